The zero-order chi connectivity index (χ0) is 19.3. The monoisotopic (exact) mass is 378 g/mol. The average Bonchev–Trinajstić information content (AvgIpc) is 3.43. The molecule has 3 aromatic rings. The predicted molar refractivity (Wildman–Crippen MR) is 101 cm³/mol. The quantitative estimate of drug-likeness (QED) is 0.695. The molecule has 0 aromatic carbocycles. The third-order valence-corrected chi connectivity index (χ3v) is 5.95. The highest BCUT2D eigenvalue weighted by atomic mass is 16.5. The molecule has 0 N–H and O–H groups in total. The minimum Gasteiger partial charge on any atom is -0.361 e. The van der Waals surface area contributed by atoms with E-state index < -0.39 is 0 Å². The van der Waals surface area contributed by atoms with Gasteiger partial charge >= 0.3 is 0 Å². The first kappa shape index (κ1) is 17.1. The summed E-state index contributed by atoms with van der Waals surface area (Å²) in [5, 5.41) is 12.9. The van der Waals surface area contributed by atoms with Crippen LogP contribution in [0.4, 0.5) is 0 Å². The molecular formula is C20H22N6O2. The van der Waals surface area contributed by atoms with E-state index in [9.17, 15) is 4.79 Å². The Kier molecular flexibility index (Phi) is 3.99. The summed E-state index contributed by atoms with van der Waals surface area (Å²) in [4.78, 5) is 19.3. The zero-order valence-corrected chi connectivity index (χ0v) is 16.0. The molecule has 144 valence electrons. The Hall–Kier alpha value is -3.03. The van der Waals surface area contributed by atoms with E-state index in [4.69, 9.17) is 4.52 Å². The molecule has 5 rings (SSSR count). The maximum Gasteiger partial charge on any atom is 0.259 e. The molecule has 8 heteroatoms. The second-order valence-electron chi connectivity index (χ2n) is 7.54. The molecular weight excluding hydrogens is 356 g/mol. The number of fused-ring (bicyclic) bond motifs is 3. The fraction of sp³-hybridized carbons (Fsp3) is 0.450. The largest absolute Gasteiger partial charge is 0.361 e. The molecule has 2 aliphatic rings. The van der Waals surface area contributed by atoms with Gasteiger partial charge in [0.1, 0.15) is 17.1 Å². The molecule has 28 heavy (non-hydrogen) atoms. The number of aryl methyl sites for hydroxylation is 3. The van der Waals surface area contributed by atoms with Crippen LogP contribution in [-0.2, 0) is 12.8 Å². The van der Waals surface area contributed by atoms with Gasteiger partial charge in [-0.1, -0.05) is 12.1 Å². The van der Waals surface area contributed by atoms with Crippen LogP contribution in [0.1, 0.15) is 47.0 Å². The highest BCUT2D eigenvalue weighted by molar-refractivity contribution is 5.96. The summed E-state index contributed by atoms with van der Waals surface area (Å²) >= 11 is 0. The fourth-order valence-corrected chi connectivity index (χ4v) is 4.54. The lowest BCUT2D eigenvalue weighted by atomic mass is 9.93. The smallest absolute Gasteiger partial charge is 0.259 e. The van der Waals surface area contributed by atoms with Crippen LogP contribution in [0.15, 0.2) is 29.0 Å². The molecule has 5 heterocycles. The molecule has 2 aliphatic heterocycles. The van der Waals surface area contributed by atoms with E-state index in [1.807, 2.05) is 30.9 Å². The van der Waals surface area contributed by atoms with Crippen LogP contribution in [0.25, 0.3) is 11.4 Å². The topological polar surface area (TPSA) is 89.9 Å². The summed E-state index contributed by atoms with van der Waals surface area (Å²) in [6.07, 6.45) is 6.12. The SMILES string of the molecule is CCc1noc(C)c1C(=O)N1C[C@H]2CCc3nnc(-c4ccncc4)n3[C@H]2C1. The maximum absolute atomic E-state index is 13.2. The van der Waals surface area contributed by atoms with Crippen molar-refractivity contribution in [1.29, 1.82) is 0 Å². The van der Waals surface area contributed by atoms with Crippen LogP contribution >= 0.6 is 0 Å². The van der Waals surface area contributed by atoms with Crippen LogP contribution in [0.2, 0.25) is 0 Å². The lowest BCUT2D eigenvalue weighted by Crippen LogP contribution is -2.30. The summed E-state index contributed by atoms with van der Waals surface area (Å²) in [6, 6.07) is 4.09. The molecule has 0 unspecified atom stereocenters. The summed E-state index contributed by atoms with van der Waals surface area (Å²) in [5.41, 5.74) is 2.36. The highest BCUT2D eigenvalue weighted by Crippen LogP contribution is 2.39. The Balaban J connectivity index is 1.48. The standard InChI is InChI=1S/C20H22N6O2/c1-3-15-18(12(2)28-24-15)20(27)25-10-14-4-5-17-22-23-19(26(17)16(14)11-25)13-6-8-21-9-7-13/h6-9,14,16H,3-5,10-11H2,1-2H3/t14-,16+/m1/s1. The van der Waals surface area contributed by atoms with Crippen LogP contribution in [0.5, 0.6) is 0 Å². The molecule has 3 aromatic heterocycles. The second kappa shape index (κ2) is 6.54. The van der Waals surface area contributed by atoms with Crippen LogP contribution < -0.4 is 0 Å². The van der Waals surface area contributed by atoms with Gasteiger partial charge in [0, 0.05) is 37.5 Å². The minimum atomic E-state index is 0.0186. The molecule has 1 saturated heterocycles. The molecule has 0 saturated carbocycles. The Morgan fingerprint density at radius 3 is 2.86 bits per heavy atom. The van der Waals surface area contributed by atoms with Gasteiger partial charge in [0.15, 0.2) is 5.82 Å². The van der Waals surface area contributed by atoms with E-state index in [-0.39, 0.29) is 11.9 Å². The molecule has 0 radical (unpaired) electrons. The van der Waals surface area contributed by atoms with E-state index >= 15 is 0 Å². The van der Waals surface area contributed by atoms with Gasteiger partial charge in [-0.15, -0.1) is 10.2 Å². The minimum absolute atomic E-state index is 0.0186. The van der Waals surface area contributed by atoms with Gasteiger partial charge in [0.05, 0.1) is 11.7 Å². The molecule has 0 aliphatic carbocycles. The van der Waals surface area contributed by atoms with Gasteiger partial charge in [-0.25, -0.2) is 0 Å². The van der Waals surface area contributed by atoms with Crippen LogP contribution in [-0.4, -0.2) is 48.8 Å². The lowest BCUT2D eigenvalue weighted by Gasteiger charge is -2.27. The normalized spacial score (nSPS) is 20.9. The first-order chi connectivity index (χ1) is 13.7. The van der Waals surface area contributed by atoms with Crippen molar-refractivity contribution < 1.29 is 9.32 Å². The molecule has 2 atom stereocenters. The Morgan fingerprint density at radius 1 is 1.25 bits per heavy atom. The Labute approximate surface area is 162 Å². The third-order valence-electron chi connectivity index (χ3n) is 5.95. The Morgan fingerprint density at radius 2 is 2.07 bits per heavy atom. The van der Waals surface area contributed by atoms with Crippen LogP contribution in [0.3, 0.4) is 0 Å². The number of nitrogens with zero attached hydrogens (tertiary/aromatic N) is 6. The van der Waals surface area contributed by atoms with Gasteiger partial charge in [0.2, 0.25) is 0 Å². The van der Waals surface area contributed by atoms with Gasteiger partial charge in [-0.3, -0.25) is 9.78 Å². The number of carbonyl (C=O) groups excluding carboxylic acids is 1. The number of hydrogen-bond donors (Lipinski definition) is 0. The van der Waals surface area contributed by atoms with Crippen molar-refractivity contribution in [3.8, 4) is 11.4 Å². The molecule has 0 bridgehead atoms. The fourth-order valence-electron chi connectivity index (χ4n) is 4.54. The van der Waals surface area contributed by atoms with Crippen molar-refractivity contribution >= 4 is 5.91 Å². The molecule has 1 fully saturated rings. The average molecular weight is 378 g/mol. The second-order valence-corrected chi connectivity index (χ2v) is 7.54. The van der Waals surface area contributed by atoms with E-state index in [0.29, 0.717) is 30.2 Å². The number of carbonyl (C=O) groups is 1. The van der Waals surface area contributed by atoms with E-state index in [1.54, 1.807) is 12.4 Å². The number of rotatable bonds is 3. The van der Waals surface area contributed by atoms with Crippen molar-refractivity contribution in [3.63, 3.8) is 0 Å². The predicted octanol–water partition coefficient (Wildman–Crippen LogP) is 2.46. The number of pyridine rings is 1. The van der Waals surface area contributed by atoms with Crippen molar-refractivity contribution in [2.45, 2.75) is 39.2 Å². The van der Waals surface area contributed by atoms with Gasteiger partial charge < -0.3 is 14.0 Å². The first-order valence-corrected chi connectivity index (χ1v) is 9.76. The highest BCUT2D eigenvalue weighted by Gasteiger charge is 2.42. The van der Waals surface area contributed by atoms with Crippen molar-refractivity contribution in [2.24, 2.45) is 5.92 Å². The first-order valence-electron chi connectivity index (χ1n) is 9.76. The van der Waals surface area contributed by atoms with Crippen molar-refractivity contribution in [1.82, 2.24) is 29.8 Å². The van der Waals surface area contributed by atoms with E-state index in [0.717, 1.165) is 42.3 Å². The number of likely N-dealkylation sites (tertiary alicyclic amines) is 1. The van der Waals surface area contributed by atoms with Crippen LogP contribution in [0, 0.1) is 12.8 Å². The summed E-state index contributed by atoms with van der Waals surface area (Å²) < 4.78 is 7.51. The molecule has 0 spiro atoms. The number of hydrogen-bond acceptors (Lipinski definition) is 6. The van der Waals surface area contributed by atoms with Gasteiger partial charge in [-0.05, 0) is 37.8 Å². The maximum atomic E-state index is 13.2. The lowest BCUT2D eigenvalue weighted by molar-refractivity contribution is 0.0781. The van der Waals surface area contributed by atoms with Crippen molar-refractivity contribution in [2.75, 3.05) is 13.1 Å². The zero-order valence-electron chi connectivity index (χ0n) is 16.0. The van der Waals surface area contributed by atoms with Crippen molar-refractivity contribution in [3.05, 3.63) is 47.4 Å². The molecule has 1 amide bonds. The number of amides is 1. The summed E-state index contributed by atoms with van der Waals surface area (Å²) in [6.45, 7) is 5.19. The van der Waals surface area contributed by atoms with E-state index in [2.05, 4.69) is 24.9 Å². The summed E-state index contributed by atoms with van der Waals surface area (Å²) in [5.74, 6) is 2.87. The summed E-state index contributed by atoms with van der Waals surface area (Å²) in [7, 11) is 0. The van der Waals surface area contributed by atoms with Gasteiger partial charge in [-0.2, -0.15) is 0 Å². The third kappa shape index (κ3) is 2.55. The van der Waals surface area contributed by atoms with E-state index in [1.165, 1.54) is 0 Å². The molecule has 8 nitrogen and oxygen atoms in total. The Bertz CT molecular complexity index is 1020. The van der Waals surface area contributed by atoms with Gasteiger partial charge in [0.25, 0.3) is 5.91 Å². The number of aromatic nitrogens is 5.